The Hall–Kier alpha value is -13.7. The molecule has 12 amide bonds. The van der Waals surface area contributed by atoms with Crippen LogP contribution in [0.3, 0.4) is 0 Å². The number of carbonyl (C=O) groups is 12. The molecule has 3 aromatic heterocycles. The van der Waals surface area contributed by atoms with Crippen molar-refractivity contribution in [2.24, 2.45) is 60.6 Å². The minimum Gasteiger partial charge on any atom is -0.355 e. The maximum atomic E-state index is 14.2. The minimum absolute atomic E-state index is 0.00118. The molecule has 0 aliphatic rings. The fourth-order valence-corrected chi connectivity index (χ4v) is 17.1. The summed E-state index contributed by atoms with van der Waals surface area (Å²) in [6.07, 6.45) is 0.599. The highest BCUT2D eigenvalue weighted by atomic mass is 32.1. The van der Waals surface area contributed by atoms with E-state index in [-0.39, 0.29) is 362 Å². The van der Waals surface area contributed by atoms with Crippen LogP contribution in [0.2, 0.25) is 0 Å². The van der Waals surface area contributed by atoms with Crippen molar-refractivity contribution in [1.82, 2.24) is 118 Å². The Balaban J connectivity index is 0.879. The lowest BCUT2D eigenvalue weighted by Gasteiger charge is -2.28. The van der Waals surface area contributed by atoms with Crippen molar-refractivity contribution in [3.63, 3.8) is 0 Å². The molecule has 3 heterocycles. The Morgan fingerprint density at radius 1 is 0.227 bits per heavy atom. The zero-order chi connectivity index (χ0) is 107. The monoisotopic (exact) mass is 2110 g/mol. The lowest BCUT2D eigenvalue weighted by atomic mass is 10.1. The van der Waals surface area contributed by atoms with Crippen molar-refractivity contribution in [2.45, 2.75) is 77.0 Å². The van der Waals surface area contributed by atoms with Crippen LogP contribution >= 0.6 is 22.7 Å². The molecule has 29 N–H and O–H groups in total. The Labute approximate surface area is 880 Å². The molecule has 0 atom stereocenters. The number of fused-ring (bicyclic) bond motifs is 4. The van der Waals surface area contributed by atoms with Crippen LogP contribution in [0.5, 0.6) is 0 Å². The van der Waals surface area contributed by atoms with Gasteiger partial charge in [0.15, 0.2) is 0 Å². The first-order chi connectivity index (χ1) is 73.0. The Bertz CT molecular complexity index is 5400. The number of nitrogens with zero attached hydrogens (tertiary/aromatic N) is 15. The van der Waals surface area contributed by atoms with Crippen molar-refractivity contribution in [2.75, 3.05) is 265 Å². The van der Waals surface area contributed by atoms with E-state index < -0.39 is 0 Å². The number of rotatable bonds is 77. The third-order valence-electron chi connectivity index (χ3n) is 23.6. The van der Waals surface area contributed by atoms with Crippen LogP contribution in [-0.4, -0.2) is 374 Å². The Morgan fingerprint density at radius 2 is 0.453 bits per heavy atom. The molecular formula is C99H149N37O12S2. The molecule has 150 heavy (non-hydrogen) atoms. The van der Waals surface area contributed by atoms with Crippen molar-refractivity contribution in [3.8, 4) is 0 Å². The highest BCUT2D eigenvalue weighted by molar-refractivity contribution is 7.22. The number of thiazole rings is 2. The van der Waals surface area contributed by atoms with Gasteiger partial charge in [0.05, 0.1) is 31.8 Å². The van der Waals surface area contributed by atoms with Gasteiger partial charge in [0, 0.05) is 359 Å². The largest absolute Gasteiger partial charge is 0.355 e. The average molecular weight is 2110 g/mol. The number of hydrogen-bond donors (Lipinski definition) is 22. The first kappa shape index (κ1) is 120. The minimum atomic E-state index is -0.351. The summed E-state index contributed by atoms with van der Waals surface area (Å²) in [6, 6.07) is 38.5. The van der Waals surface area contributed by atoms with E-state index in [0.717, 1.165) is 42.0 Å². The van der Waals surface area contributed by atoms with Gasteiger partial charge in [-0.05, 0) is 48.5 Å². The second-order valence-electron chi connectivity index (χ2n) is 34.9. The molecule has 0 radical (unpaired) electrons. The molecule has 0 fully saturated rings. The normalized spacial score (nSPS) is 11.5. The zero-order valence-corrected chi connectivity index (χ0v) is 87.0. The SMILES string of the molecule is NCCNC(=O)CCN(CCNC(=O)CCN(CCC(=O)NCCN(CCC(=O)NCCN)CCC(=O)NCCN)CCN(CCC(=O)NCCN(CCC(=O)NCCN)CCC(=O)NCCN)CCC(=O)NCCN(CCC(=O)NCCN)CCC(=O)NCCNc1nc(Nc2ccc(N=Nc3nc4ccccc4s3)c3ccccc23)nc(Nc2ccc(N=Nc3nc4ccccc4s3)c3ccccc23)n1)CCC(=O)NCCN. The van der Waals surface area contributed by atoms with Crippen LogP contribution in [-0.2, 0) is 57.5 Å². The number of carbonyl (C=O) groups excluding carboxylic acids is 12. The summed E-state index contributed by atoms with van der Waals surface area (Å²) in [4.78, 5) is 195. The first-order valence-electron chi connectivity index (χ1n) is 51.1. The van der Waals surface area contributed by atoms with Gasteiger partial charge >= 0.3 is 0 Å². The summed E-state index contributed by atoms with van der Waals surface area (Å²) in [6.45, 7) is 8.90. The molecule has 0 unspecified atom stereocenters. The van der Waals surface area contributed by atoms with Gasteiger partial charge in [-0.3, -0.25) is 57.5 Å². The molecule has 0 saturated heterocycles. The van der Waals surface area contributed by atoms with Crippen molar-refractivity contribution in [3.05, 3.63) is 121 Å². The number of benzene rings is 6. The number of nitrogens with two attached hydrogens (primary N) is 7. The molecule has 0 bridgehead atoms. The highest BCUT2D eigenvalue weighted by Crippen LogP contribution is 2.38. The number of azo groups is 2. The van der Waals surface area contributed by atoms with E-state index in [1.165, 1.54) is 22.7 Å². The summed E-state index contributed by atoms with van der Waals surface area (Å²) in [5.74, 6) is -2.73. The molecule has 0 spiro atoms. The molecular weight excluding hydrogens is 1960 g/mol. The van der Waals surface area contributed by atoms with E-state index in [9.17, 15) is 57.5 Å². The van der Waals surface area contributed by atoms with Gasteiger partial charge in [-0.2, -0.15) is 15.0 Å². The molecule has 0 aliphatic carbocycles. The number of para-hydroxylation sites is 2. The van der Waals surface area contributed by atoms with E-state index in [4.69, 9.17) is 55.1 Å². The summed E-state index contributed by atoms with van der Waals surface area (Å²) in [5.41, 5.74) is 43.7. The van der Waals surface area contributed by atoms with Crippen LogP contribution in [0.4, 0.5) is 50.9 Å². The van der Waals surface area contributed by atoms with Gasteiger partial charge in [-0.25, -0.2) is 9.97 Å². The molecule has 9 aromatic rings. The molecule has 0 saturated carbocycles. The van der Waals surface area contributed by atoms with Crippen LogP contribution in [0, 0.1) is 0 Å². The maximum Gasteiger partial charge on any atom is 0.233 e. The summed E-state index contributed by atoms with van der Waals surface area (Å²) in [7, 11) is 0. The van der Waals surface area contributed by atoms with Gasteiger partial charge in [0.25, 0.3) is 0 Å². The number of anilines is 5. The van der Waals surface area contributed by atoms with Gasteiger partial charge in [-0.15, -0.1) is 20.5 Å². The third kappa shape index (κ3) is 46.6. The first-order valence-corrected chi connectivity index (χ1v) is 52.7. The summed E-state index contributed by atoms with van der Waals surface area (Å²) >= 11 is 2.88. The van der Waals surface area contributed by atoms with E-state index in [1.54, 1.807) is 0 Å². The summed E-state index contributed by atoms with van der Waals surface area (Å²) in [5, 5.41) is 67.0. The fraction of sp³-hybridized carbons (Fsp3) is 0.505. The van der Waals surface area contributed by atoms with E-state index in [0.29, 0.717) is 85.4 Å². The molecule has 49 nitrogen and oxygen atoms in total. The zero-order valence-electron chi connectivity index (χ0n) is 85.4. The lowest BCUT2D eigenvalue weighted by molar-refractivity contribution is -0.123. The smallest absolute Gasteiger partial charge is 0.233 e. The Kier molecular flexibility index (Phi) is 55.6. The number of aromatic nitrogens is 5. The molecule has 814 valence electrons. The number of amides is 12. The standard InChI is InChI=1S/C99H149N37O12S2/c100-33-40-107-83(137)21-53-131(54-22-84(138)108-41-34-101)65-49-115-91(145)29-61-135(62-30-92(146)116-50-66-132(55-23-85(139)109-42-35-102)56-24-86(140)110-43-36-103)69-70-136(63-31-93(147)117-51-67-133(57-25-87(141)111-44-37-104)58-26-88(142)112-45-38-105)64-32-94(148)118-52-68-134(59-27-89(143)113-46-39-106)60-28-90(144)114-47-48-119-95-124-96(120-75-17-19-77(73-11-3-1-9-71(73)75)127-129-98-122-79-13-5-7-15-81(79)149-98)126-97(125-95)121-76-18-20-78(74-12-4-2-10-72(74)76)128-130-99-123-80-14-6-8-16-82(80)150-99/h1-20H,21-70,100-106H2,(H,107,137)(H,108,138)(H,109,139)(H,110,140)(H,111,141)(H,112,142)(H,113,143)(H,114,144)(H,115,145)(H,116,146)(H,117,147)(H,118,148)(H3,119,120,121,124,125,126). The molecule has 6 aromatic carbocycles. The lowest BCUT2D eigenvalue weighted by Crippen LogP contribution is -2.43. The molecule has 51 heteroatoms. The predicted octanol–water partition coefficient (Wildman–Crippen LogP) is 0.726. The quantitative estimate of drug-likeness (QED) is 0.0184. The van der Waals surface area contributed by atoms with Gasteiger partial charge in [0.1, 0.15) is 0 Å². The van der Waals surface area contributed by atoms with Crippen molar-refractivity contribution in [1.29, 1.82) is 0 Å². The van der Waals surface area contributed by atoms with Gasteiger partial charge < -0.3 is 149 Å². The second-order valence-corrected chi connectivity index (χ2v) is 37.0. The Morgan fingerprint density at radius 3 is 0.713 bits per heavy atom. The van der Waals surface area contributed by atoms with Gasteiger partial charge in [-0.1, -0.05) is 95.5 Å². The van der Waals surface area contributed by atoms with Gasteiger partial charge in [0.2, 0.25) is 99.0 Å². The van der Waals surface area contributed by atoms with E-state index in [1.807, 2.05) is 151 Å². The van der Waals surface area contributed by atoms with E-state index in [2.05, 4.69) is 110 Å². The van der Waals surface area contributed by atoms with E-state index >= 15 is 0 Å². The number of hydrogen-bond acceptors (Lipinski definition) is 39. The van der Waals surface area contributed by atoms with Crippen molar-refractivity contribution >= 4 is 186 Å². The highest BCUT2D eigenvalue weighted by Gasteiger charge is 2.24. The molecule has 9 rings (SSSR count). The van der Waals surface area contributed by atoms with Crippen molar-refractivity contribution < 1.29 is 57.5 Å². The predicted molar refractivity (Wildman–Crippen MR) is 584 cm³/mol. The fourth-order valence-electron chi connectivity index (χ4n) is 15.5. The van der Waals surface area contributed by atoms with Crippen LogP contribution < -0.4 is 120 Å². The maximum absolute atomic E-state index is 14.2. The third-order valence-corrected chi connectivity index (χ3v) is 25.4. The van der Waals surface area contributed by atoms with Crippen LogP contribution in [0.15, 0.2) is 142 Å². The summed E-state index contributed by atoms with van der Waals surface area (Å²) < 4.78 is 1.99. The topological polar surface area (TPSA) is 701 Å². The average Bonchev–Trinajstić information content (AvgIpc) is 1.24. The van der Waals surface area contributed by atoms with Crippen LogP contribution in [0.1, 0.15) is 77.0 Å². The number of nitrogens with one attached hydrogen (secondary N) is 15. The second kappa shape index (κ2) is 69.6. The molecule has 0 aliphatic heterocycles. The van der Waals surface area contributed by atoms with Crippen LogP contribution in [0.25, 0.3) is 42.0 Å².